The largest absolute Gasteiger partial charge is 0.497 e. The molecule has 0 bridgehead atoms. The van der Waals surface area contributed by atoms with Crippen molar-refractivity contribution < 1.29 is 46.7 Å². The van der Waals surface area contributed by atoms with Gasteiger partial charge in [0.25, 0.3) is 11.1 Å². The lowest BCUT2D eigenvalue weighted by atomic mass is 9.80. The SMILES string of the molecule is COc1ccc(C(OCC(CCn2cc(C)c(=O)[nH]c2=O)SCCO[Si](C)(C)C(C)(C)C)(c2ccccc2)c2ccc(OC)cc2)cc1.COc1ccc(C(OCC(CCn2cc(C)c(=O)n(COCc3ccccc3)c2=O)SCCO[Si](C)(C)C(C)(C)C)(c2ccccc2)c2ccc(OC)cc2)cc1.ClCOCc1ccccc1. The van der Waals surface area contributed by atoms with Crippen molar-refractivity contribution in [3.63, 3.8) is 0 Å². The Labute approximate surface area is 695 Å². The number of aromatic amines is 1. The number of halogens is 1. The maximum atomic E-state index is 13.8. The normalized spacial score (nSPS) is 12.5. The number of nitrogens with one attached hydrogen (secondary N) is 1. The molecule has 0 radical (unpaired) electrons. The van der Waals surface area contributed by atoms with Crippen LogP contribution in [0.2, 0.25) is 36.3 Å². The molecule has 10 rings (SSSR count). The first-order valence-electron chi connectivity index (χ1n) is 38.9. The van der Waals surface area contributed by atoms with E-state index < -0.39 is 39.2 Å². The molecule has 115 heavy (non-hydrogen) atoms. The monoisotopic (exact) mass is 1660 g/mol. The summed E-state index contributed by atoms with van der Waals surface area (Å²) >= 11 is 8.90. The van der Waals surface area contributed by atoms with Crippen LogP contribution in [0.3, 0.4) is 0 Å². The minimum absolute atomic E-state index is 0.00623. The van der Waals surface area contributed by atoms with Crippen molar-refractivity contribution >= 4 is 51.8 Å². The summed E-state index contributed by atoms with van der Waals surface area (Å²) in [5.74, 6) is 4.55. The van der Waals surface area contributed by atoms with E-state index in [2.05, 4.69) is 121 Å². The Morgan fingerprint density at radius 2 is 0.765 bits per heavy atom. The van der Waals surface area contributed by atoms with Crippen LogP contribution in [0, 0.1) is 13.8 Å². The highest BCUT2D eigenvalue weighted by molar-refractivity contribution is 8.00. The van der Waals surface area contributed by atoms with Crippen molar-refractivity contribution in [3.05, 3.63) is 328 Å². The molecule has 23 heteroatoms. The lowest BCUT2D eigenvalue weighted by molar-refractivity contribution is 0.0126. The minimum Gasteiger partial charge on any atom is -0.497 e. The Kier molecular flexibility index (Phi) is 35.3. The van der Waals surface area contributed by atoms with Gasteiger partial charge in [-0.05, 0) is 156 Å². The average molecular weight is 1660 g/mol. The van der Waals surface area contributed by atoms with Crippen molar-refractivity contribution in [1.82, 2.24) is 18.7 Å². The van der Waals surface area contributed by atoms with Crippen LogP contribution in [0.1, 0.15) is 110 Å². The van der Waals surface area contributed by atoms with Gasteiger partial charge in [0, 0.05) is 71.8 Å². The summed E-state index contributed by atoms with van der Waals surface area (Å²) < 4.78 is 65.0. The molecular weight excluding hydrogens is 1540 g/mol. The molecule has 0 saturated carbocycles. The second-order valence-corrected chi connectivity index (χ2v) is 43.8. The van der Waals surface area contributed by atoms with Gasteiger partial charge in [-0.1, -0.05) is 223 Å². The van der Waals surface area contributed by atoms with Gasteiger partial charge in [0.2, 0.25) is 0 Å². The summed E-state index contributed by atoms with van der Waals surface area (Å²) in [5.41, 5.74) is 5.37. The molecule has 0 amide bonds. The number of H-pyrrole nitrogens is 1. The van der Waals surface area contributed by atoms with Gasteiger partial charge in [-0.25, -0.2) is 14.2 Å². The van der Waals surface area contributed by atoms with Crippen molar-refractivity contribution in [2.75, 3.05) is 72.4 Å². The van der Waals surface area contributed by atoms with Crippen LogP contribution in [0.4, 0.5) is 0 Å². The zero-order valence-electron chi connectivity index (χ0n) is 69.7. The van der Waals surface area contributed by atoms with E-state index in [1.54, 1.807) is 87.3 Å². The fourth-order valence-corrected chi connectivity index (χ4v) is 16.8. The van der Waals surface area contributed by atoms with Crippen LogP contribution in [0.25, 0.3) is 0 Å². The first-order chi connectivity index (χ1) is 55.0. The van der Waals surface area contributed by atoms with Gasteiger partial charge >= 0.3 is 11.4 Å². The van der Waals surface area contributed by atoms with Crippen molar-refractivity contribution in [2.45, 2.75) is 159 Å². The Morgan fingerprint density at radius 3 is 1.11 bits per heavy atom. The van der Waals surface area contributed by atoms with Crippen LogP contribution in [0.15, 0.2) is 250 Å². The molecule has 616 valence electrons. The molecule has 0 fully saturated rings. The average Bonchev–Trinajstić information content (AvgIpc) is 0.757. The third-order valence-electron chi connectivity index (χ3n) is 21.2. The lowest BCUT2D eigenvalue weighted by Crippen LogP contribution is -2.42. The van der Waals surface area contributed by atoms with Crippen LogP contribution in [-0.2, 0) is 72.0 Å². The molecule has 10 aromatic rings. The number of ether oxygens (including phenoxy) is 8. The molecular formula is C92H117ClN4O14S2Si2. The Morgan fingerprint density at radius 1 is 0.435 bits per heavy atom. The highest BCUT2D eigenvalue weighted by Gasteiger charge is 2.42. The van der Waals surface area contributed by atoms with Crippen molar-refractivity contribution in [1.29, 1.82) is 0 Å². The van der Waals surface area contributed by atoms with E-state index in [0.29, 0.717) is 76.7 Å². The molecule has 2 aromatic heterocycles. The molecule has 0 aliphatic heterocycles. The van der Waals surface area contributed by atoms with Crippen LogP contribution >= 0.6 is 35.1 Å². The van der Waals surface area contributed by atoms with E-state index in [0.717, 1.165) is 79.0 Å². The lowest BCUT2D eigenvalue weighted by Gasteiger charge is -2.37. The van der Waals surface area contributed by atoms with E-state index >= 15 is 0 Å². The Balaban J connectivity index is 0.000000259. The van der Waals surface area contributed by atoms with Crippen LogP contribution in [0.5, 0.6) is 23.0 Å². The van der Waals surface area contributed by atoms with Gasteiger partial charge < -0.3 is 55.9 Å². The van der Waals surface area contributed by atoms with Gasteiger partial charge in [-0.15, -0.1) is 0 Å². The predicted molar refractivity (Wildman–Crippen MR) is 473 cm³/mol. The van der Waals surface area contributed by atoms with E-state index in [4.69, 9.17) is 58.3 Å². The standard InChI is InChI=1S/C46H58N2O7SSi.C38H50N2O6SSi.C8H9ClO/c1-35-31-47(44(50)48(43(35)49)34-53-32-36-15-11-9-12-16-36)28-27-42(56-30-29-55-57(7,8)45(2,3)4)33-54-46(37-17-13-10-14-18-37,38-19-23-40(51-5)24-20-38)39-21-25-41(52-6)26-22-39;1-28-26-40(36(42)39-35(28)41)23-22-34(47-25-24-46-48(7,8)37(2,3)4)27-45-38(29-12-10-9-11-13-29,30-14-18-32(43-5)19-15-30)31-16-20-33(44-6)21-17-31;9-7-10-6-8-4-2-1-3-5-8/h9-26,31,42H,27-30,32-34H2,1-8H3;9-21,26,34H,22-25,27H2,1-8H3,(H,39,41,42);1-5H,6-7H2. The number of rotatable bonds is 39. The summed E-state index contributed by atoms with van der Waals surface area (Å²) in [6.45, 7) is 29.5. The number of benzene rings is 8. The minimum atomic E-state index is -1.96. The zero-order chi connectivity index (χ0) is 83.2. The molecule has 18 nitrogen and oxygen atoms in total. The first-order valence-corrected chi connectivity index (χ1v) is 47.4. The second-order valence-electron chi connectivity index (χ2n) is 31.1. The number of alkyl halides is 1. The first kappa shape index (κ1) is 92.0. The van der Waals surface area contributed by atoms with Crippen molar-refractivity contribution in [3.8, 4) is 23.0 Å². The molecule has 0 saturated heterocycles. The summed E-state index contributed by atoms with van der Waals surface area (Å²) in [6, 6.07) is 72.4. The predicted octanol–water partition coefficient (Wildman–Crippen LogP) is 18.8. The van der Waals surface area contributed by atoms with E-state index in [9.17, 15) is 19.2 Å². The molecule has 0 aliphatic rings. The highest BCUT2D eigenvalue weighted by Crippen LogP contribution is 2.45. The molecule has 0 spiro atoms. The second kappa shape index (κ2) is 44.2. The Hall–Kier alpha value is -8.50. The molecule has 1 N–H and O–H groups in total. The fourth-order valence-electron chi connectivity index (χ4n) is 12.5. The van der Waals surface area contributed by atoms with Gasteiger partial charge in [0.15, 0.2) is 16.6 Å². The van der Waals surface area contributed by atoms with Gasteiger partial charge in [0.05, 0.1) is 54.9 Å². The van der Waals surface area contributed by atoms with E-state index in [-0.39, 0.29) is 44.5 Å². The van der Waals surface area contributed by atoms with Gasteiger partial charge in [0.1, 0.15) is 47.0 Å². The summed E-state index contributed by atoms with van der Waals surface area (Å²) in [7, 11) is 2.77. The number of thioether (sulfide) groups is 2. The topological polar surface area (TPSA) is 191 Å². The zero-order valence-corrected chi connectivity index (χ0v) is 74.1. The van der Waals surface area contributed by atoms with E-state index in [1.807, 2.05) is 170 Å². The Bertz CT molecular complexity index is 4700. The molecule has 2 atom stereocenters. The van der Waals surface area contributed by atoms with Crippen molar-refractivity contribution in [2.24, 2.45) is 0 Å². The number of aromatic nitrogens is 4. The number of hydrogen-bond acceptors (Lipinski definition) is 16. The molecule has 2 heterocycles. The fraction of sp³-hybridized carbons (Fsp3) is 0.391. The summed E-state index contributed by atoms with van der Waals surface area (Å²) in [6.07, 6.45) is 4.54. The number of nitrogens with zero attached hydrogens (tertiary/aromatic N) is 3. The third-order valence-corrected chi connectivity index (χ3v) is 33.0. The summed E-state index contributed by atoms with van der Waals surface area (Å²) in [5, 5.41) is 0.176. The number of methoxy groups -OCH3 is 4. The number of hydrogen-bond donors (Lipinski definition) is 1. The maximum Gasteiger partial charge on any atom is 0.332 e. The third kappa shape index (κ3) is 25.8. The quantitative estimate of drug-likeness (QED) is 0.0165. The summed E-state index contributed by atoms with van der Waals surface area (Å²) in [4.78, 5) is 54.1. The maximum absolute atomic E-state index is 13.8. The molecule has 8 aromatic carbocycles. The molecule has 2 unspecified atom stereocenters. The smallest absolute Gasteiger partial charge is 0.332 e. The van der Waals surface area contributed by atoms with Crippen LogP contribution in [-0.4, -0.2) is 118 Å². The van der Waals surface area contributed by atoms with Gasteiger partial charge in [-0.2, -0.15) is 23.5 Å². The van der Waals surface area contributed by atoms with E-state index in [1.165, 1.54) is 4.57 Å². The van der Waals surface area contributed by atoms with Gasteiger partial charge in [-0.3, -0.25) is 14.6 Å². The highest BCUT2D eigenvalue weighted by atomic mass is 35.5. The number of aryl methyl sites for hydroxylation is 4. The van der Waals surface area contributed by atoms with Crippen LogP contribution < -0.4 is 41.4 Å². The molecule has 0 aliphatic carbocycles.